The number of rotatable bonds is 1. The molecule has 3 rings (SSSR count). The van der Waals surface area contributed by atoms with Crippen molar-refractivity contribution in [3.05, 3.63) is 29.3 Å². The first-order valence-electron chi connectivity index (χ1n) is 7.93. The molecule has 0 spiro atoms. The number of carbonyl (C=O) groups excluding carboxylic acids is 1. The summed E-state index contributed by atoms with van der Waals surface area (Å²) < 4.78 is 4.95. The Balaban J connectivity index is 2.09. The Bertz CT molecular complexity index is 564. The second-order valence-corrected chi connectivity index (χ2v) is 7.22. The maximum Gasteiger partial charge on any atom is 0.339 e. The molecular weight excluding hydrogens is 262 g/mol. The first-order chi connectivity index (χ1) is 9.95. The first kappa shape index (κ1) is 14.4. The molecule has 1 heterocycles. The van der Waals surface area contributed by atoms with Crippen LogP contribution in [0.3, 0.4) is 0 Å². The van der Waals surface area contributed by atoms with E-state index in [1.165, 1.54) is 31.9 Å². The summed E-state index contributed by atoms with van der Waals surface area (Å²) in [5.41, 5.74) is 3.00. The van der Waals surface area contributed by atoms with Gasteiger partial charge in [-0.05, 0) is 41.7 Å². The lowest BCUT2D eigenvalue weighted by molar-refractivity contribution is 0.0601. The van der Waals surface area contributed by atoms with Crippen LogP contribution in [0, 0.1) is 11.8 Å². The Morgan fingerprint density at radius 1 is 1.33 bits per heavy atom. The summed E-state index contributed by atoms with van der Waals surface area (Å²) in [7, 11) is 1.45. The molecule has 2 aliphatic rings. The van der Waals surface area contributed by atoms with Crippen molar-refractivity contribution in [1.29, 1.82) is 0 Å². The van der Waals surface area contributed by atoms with Gasteiger partial charge >= 0.3 is 5.97 Å². The molecule has 1 aliphatic carbocycles. The largest absolute Gasteiger partial charge is 0.465 e. The first-order valence-corrected chi connectivity index (χ1v) is 7.93. The van der Waals surface area contributed by atoms with Gasteiger partial charge in [0.1, 0.15) is 0 Å². The number of esters is 1. The maximum absolute atomic E-state index is 12.1. The molecule has 3 atom stereocenters. The highest BCUT2D eigenvalue weighted by Gasteiger charge is 2.45. The monoisotopic (exact) mass is 287 g/mol. The molecule has 1 N–H and O–H groups in total. The normalized spacial score (nSPS) is 29.8. The van der Waals surface area contributed by atoms with E-state index in [0.29, 0.717) is 17.5 Å². The standard InChI is InChI=1S/C18H25NO2/c1-11-8-9-13-15(10-11)19-16-12(17(20)21-4)6-5-7-14(16)18(13,2)3/h5-7,11,13,15,19H,8-10H2,1-4H3/t11-,13-,15-/m0/s1. The summed E-state index contributed by atoms with van der Waals surface area (Å²) in [6, 6.07) is 6.45. The third-order valence-corrected chi connectivity index (χ3v) is 5.53. The van der Waals surface area contributed by atoms with Gasteiger partial charge in [0.15, 0.2) is 0 Å². The van der Waals surface area contributed by atoms with Crippen LogP contribution in [0.5, 0.6) is 0 Å². The molecule has 0 aromatic heterocycles. The van der Waals surface area contributed by atoms with Crippen molar-refractivity contribution in [2.75, 3.05) is 12.4 Å². The van der Waals surface area contributed by atoms with Gasteiger partial charge in [-0.15, -0.1) is 0 Å². The average Bonchev–Trinajstić information content (AvgIpc) is 2.45. The SMILES string of the molecule is COC(=O)c1cccc2c1N[C@H]1C[C@@H](C)CC[C@@H]1C2(C)C. The number of methoxy groups -OCH3 is 1. The van der Waals surface area contributed by atoms with E-state index in [-0.39, 0.29) is 11.4 Å². The number of hydrogen-bond acceptors (Lipinski definition) is 3. The fraction of sp³-hybridized carbons (Fsp3) is 0.611. The topological polar surface area (TPSA) is 38.3 Å². The van der Waals surface area contributed by atoms with Crippen LogP contribution < -0.4 is 5.32 Å². The Morgan fingerprint density at radius 2 is 2.10 bits per heavy atom. The van der Waals surface area contributed by atoms with Gasteiger partial charge in [0.25, 0.3) is 0 Å². The van der Waals surface area contributed by atoms with Crippen LogP contribution in [0.15, 0.2) is 18.2 Å². The number of anilines is 1. The summed E-state index contributed by atoms with van der Waals surface area (Å²) in [6.45, 7) is 6.97. The molecule has 0 saturated heterocycles. The third kappa shape index (κ3) is 2.23. The van der Waals surface area contributed by atoms with Gasteiger partial charge < -0.3 is 10.1 Å². The summed E-state index contributed by atoms with van der Waals surface area (Å²) in [5.74, 6) is 1.13. The quantitative estimate of drug-likeness (QED) is 0.794. The Hall–Kier alpha value is -1.51. The van der Waals surface area contributed by atoms with Crippen molar-refractivity contribution in [2.45, 2.75) is 51.5 Å². The summed E-state index contributed by atoms with van der Waals surface area (Å²) in [5, 5.41) is 3.67. The number of hydrogen-bond donors (Lipinski definition) is 1. The predicted octanol–water partition coefficient (Wildman–Crippen LogP) is 3.98. The van der Waals surface area contributed by atoms with E-state index < -0.39 is 0 Å². The molecule has 0 unspecified atom stereocenters. The Morgan fingerprint density at radius 3 is 2.81 bits per heavy atom. The smallest absolute Gasteiger partial charge is 0.339 e. The zero-order chi connectivity index (χ0) is 15.2. The Labute approximate surface area is 127 Å². The van der Waals surface area contributed by atoms with Crippen molar-refractivity contribution >= 4 is 11.7 Å². The van der Waals surface area contributed by atoms with Crippen LogP contribution in [0.25, 0.3) is 0 Å². The molecule has 21 heavy (non-hydrogen) atoms. The molecule has 1 aromatic carbocycles. The molecule has 0 amide bonds. The minimum atomic E-state index is -0.252. The number of nitrogens with one attached hydrogen (secondary N) is 1. The van der Waals surface area contributed by atoms with Gasteiger partial charge in [-0.2, -0.15) is 0 Å². The van der Waals surface area contributed by atoms with E-state index in [9.17, 15) is 4.79 Å². The van der Waals surface area contributed by atoms with Gasteiger partial charge in [0, 0.05) is 6.04 Å². The molecule has 1 saturated carbocycles. The highest BCUT2D eigenvalue weighted by Crippen LogP contribution is 2.49. The number of para-hydroxylation sites is 1. The molecule has 1 fully saturated rings. The average molecular weight is 287 g/mol. The van der Waals surface area contributed by atoms with E-state index in [0.717, 1.165) is 11.6 Å². The molecule has 1 aliphatic heterocycles. The van der Waals surface area contributed by atoms with Crippen molar-refractivity contribution in [3.63, 3.8) is 0 Å². The molecular formula is C18H25NO2. The van der Waals surface area contributed by atoms with Crippen molar-refractivity contribution in [2.24, 2.45) is 11.8 Å². The van der Waals surface area contributed by atoms with Crippen LogP contribution >= 0.6 is 0 Å². The molecule has 114 valence electrons. The van der Waals surface area contributed by atoms with E-state index in [1.807, 2.05) is 12.1 Å². The van der Waals surface area contributed by atoms with Crippen molar-refractivity contribution in [1.82, 2.24) is 0 Å². The second kappa shape index (κ2) is 5.04. The lowest BCUT2D eigenvalue weighted by Gasteiger charge is -2.50. The second-order valence-electron chi connectivity index (χ2n) is 7.22. The molecule has 3 nitrogen and oxygen atoms in total. The summed E-state index contributed by atoms with van der Waals surface area (Å²) in [6.07, 6.45) is 3.75. The molecule has 3 heteroatoms. The Kier molecular flexibility index (Phi) is 3.46. The van der Waals surface area contributed by atoms with Crippen LogP contribution in [-0.4, -0.2) is 19.1 Å². The number of carbonyl (C=O) groups is 1. The zero-order valence-electron chi connectivity index (χ0n) is 13.4. The maximum atomic E-state index is 12.1. The van der Waals surface area contributed by atoms with Crippen LogP contribution in [-0.2, 0) is 10.2 Å². The highest BCUT2D eigenvalue weighted by atomic mass is 16.5. The van der Waals surface area contributed by atoms with Gasteiger partial charge in [0.05, 0.1) is 18.4 Å². The molecule has 0 bridgehead atoms. The van der Waals surface area contributed by atoms with E-state index >= 15 is 0 Å². The number of ether oxygens (including phenoxy) is 1. The van der Waals surface area contributed by atoms with Gasteiger partial charge in [0.2, 0.25) is 0 Å². The fourth-order valence-corrected chi connectivity index (χ4v) is 4.31. The lowest BCUT2D eigenvalue weighted by Crippen LogP contribution is -2.49. The number of benzene rings is 1. The lowest BCUT2D eigenvalue weighted by atomic mass is 9.61. The van der Waals surface area contributed by atoms with Crippen LogP contribution in [0.2, 0.25) is 0 Å². The van der Waals surface area contributed by atoms with Crippen molar-refractivity contribution in [3.8, 4) is 0 Å². The van der Waals surface area contributed by atoms with Gasteiger partial charge in [-0.25, -0.2) is 4.79 Å². The highest BCUT2D eigenvalue weighted by molar-refractivity contribution is 5.97. The van der Waals surface area contributed by atoms with Crippen LogP contribution in [0.1, 0.15) is 56.0 Å². The zero-order valence-corrected chi connectivity index (χ0v) is 13.4. The third-order valence-electron chi connectivity index (χ3n) is 5.53. The van der Waals surface area contributed by atoms with E-state index in [4.69, 9.17) is 4.74 Å². The molecule has 1 aromatic rings. The summed E-state index contributed by atoms with van der Waals surface area (Å²) >= 11 is 0. The van der Waals surface area contributed by atoms with Gasteiger partial charge in [-0.3, -0.25) is 0 Å². The predicted molar refractivity (Wildman–Crippen MR) is 84.7 cm³/mol. The minimum absolute atomic E-state index is 0.0927. The fourth-order valence-electron chi connectivity index (χ4n) is 4.31. The van der Waals surface area contributed by atoms with E-state index in [1.54, 1.807) is 0 Å². The minimum Gasteiger partial charge on any atom is -0.465 e. The van der Waals surface area contributed by atoms with Gasteiger partial charge in [-0.1, -0.05) is 39.3 Å². The van der Waals surface area contributed by atoms with Crippen molar-refractivity contribution < 1.29 is 9.53 Å². The summed E-state index contributed by atoms with van der Waals surface area (Å²) in [4.78, 5) is 12.1. The van der Waals surface area contributed by atoms with E-state index in [2.05, 4.69) is 32.2 Å². The number of fused-ring (bicyclic) bond motifs is 2. The van der Waals surface area contributed by atoms with Crippen LogP contribution in [0.4, 0.5) is 5.69 Å². The molecule has 0 radical (unpaired) electrons.